The van der Waals surface area contributed by atoms with Crippen LogP contribution in [-0.2, 0) is 10.0 Å². The van der Waals surface area contributed by atoms with Gasteiger partial charge in [0, 0.05) is 36.2 Å². The Balaban J connectivity index is 2.03. The number of fused-ring (bicyclic) bond motifs is 1. The number of methoxy groups -OCH3 is 1. The van der Waals surface area contributed by atoms with Gasteiger partial charge in [-0.15, -0.1) is 0 Å². The Labute approximate surface area is 190 Å². The van der Waals surface area contributed by atoms with E-state index in [1.807, 2.05) is 38.2 Å². The molecule has 0 saturated carbocycles. The molecule has 7 nitrogen and oxygen atoms in total. The lowest BCUT2D eigenvalue weighted by molar-refractivity contribution is 0.103. The predicted octanol–water partition coefficient (Wildman–Crippen LogP) is 2.08. The molecule has 2 aromatic carbocycles. The summed E-state index contributed by atoms with van der Waals surface area (Å²) in [5.74, 6) is 7.10. The van der Waals surface area contributed by atoms with Crippen LogP contribution in [0, 0.1) is 17.8 Å². The van der Waals surface area contributed by atoms with E-state index in [4.69, 9.17) is 9.47 Å². The Morgan fingerprint density at radius 2 is 1.88 bits per heavy atom. The second-order valence-corrected chi connectivity index (χ2v) is 9.80. The molecule has 0 fully saturated rings. The molecule has 1 aliphatic rings. The molecule has 2 N–H and O–H groups in total. The summed E-state index contributed by atoms with van der Waals surface area (Å²) in [6.07, 6.45) is -0.243. The molecule has 0 unspecified atom stereocenters. The minimum atomic E-state index is -3.85. The van der Waals surface area contributed by atoms with E-state index < -0.39 is 16.1 Å². The third-order valence-corrected chi connectivity index (χ3v) is 7.53. The van der Waals surface area contributed by atoms with Crippen molar-refractivity contribution in [1.29, 1.82) is 0 Å². The summed E-state index contributed by atoms with van der Waals surface area (Å²) >= 11 is 0. The molecular weight excluding hydrogens is 428 g/mol. The van der Waals surface area contributed by atoms with Crippen LogP contribution in [0.1, 0.15) is 25.0 Å². The molecule has 3 atom stereocenters. The second-order valence-electron chi connectivity index (χ2n) is 7.94. The normalized spacial score (nSPS) is 21.2. The zero-order chi connectivity index (χ0) is 23.3. The van der Waals surface area contributed by atoms with Crippen molar-refractivity contribution in [3.05, 3.63) is 53.6 Å². The monoisotopic (exact) mass is 458 g/mol. The lowest BCUT2D eigenvalue weighted by Gasteiger charge is -2.36. The topological polar surface area (TPSA) is 88.1 Å². The molecule has 1 heterocycles. The van der Waals surface area contributed by atoms with Gasteiger partial charge >= 0.3 is 0 Å². The van der Waals surface area contributed by atoms with E-state index in [1.54, 1.807) is 26.2 Å². The standard InChI is InChI=1S/C24H30N2O5S/c1-17-15-26(18(2)16-27)32(28,29)24-12-9-20(13-22(24)31-23(17)14-25-3)6-5-19-7-10-21(30-4)11-8-19/h7-13,17-18,23,25,27H,14-16H2,1-4H3/t17-,18-,23+/m1/s1. The Kier molecular flexibility index (Phi) is 7.80. The number of likely N-dealkylation sites (N-methyl/N-ethyl adjacent to an activating group) is 1. The van der Waals surface area contributed by atoms with Gasteiger partial charge in [0.1, 0.15) is 22.5 Å². The maximum absolute atomic E-state index is 13.4. The number of benzene rings is 2. The summed E-state index contributed by atoms with van der Waals surface area (Å²) in [5.41, 5.74) is 1.46. The van der Waals surface area contributed by atoms with Crippen molar-refractivity contribution in [1.82, 2.24) is 9.62 Å². The summed E-state index contributed by atoms with van der Waals surface area (Å²) in [4.78, 5) is 0.0841. The highest BCUT2D eigenvalue weighted by molar-refractivity contribution is 7.89. The lowest BCUT2D eigenvalue weighted by atomic mass is 10.0. The zero-order valence-electron chi connectivity index (χ0n) is 18.8. The maximum Gasteiger partial charge on any atom is 0.247 e. The number of ether oxygens (including phenoxy) is 2. The minimum absolute atomic E-state index is 0.0841. The van der Waals surface area contributed by atoms with Gasteiger partial charge in [-0.1, -0.05) is 18.8 Å². The van der Waals surface area contributed by atoms with E-state index >= 15 is 0 Å². The molecule has 0 bridgehead atoms. The van der Waals surface area contributed by atoms with Crippen LogP contribution in [0.3, 0.4) is 0 Å². The van der Waals surface area contributed by atoms with Crippen LogP contribution in [0.15, 0.2) is 47.4 Å². The summed E-state index contributed by atoms with van der Waals surface area (Å²) < 4.78 is 39.5. The Bertz CT molecular complexity index is 1090. The smallest absolute Gasteiger partial charge is 0.247 e. The van der Waals surface area contributed by atoms with Gasteiger partial charge in [0.25, 0.3) is 0 Å². The van der Waals surface area contributed by atoms with Gasteiger partial charge in [0.15, 0.2) is 0 Å². The summed E-state index contributed by atoms with van der Waals surface area (Å²) in [6.45, 7) is 4.21. The van der Waals surface area contributed by atoms with Gasteiger partial charge in [0.2, 0.25) is 10.0 Å². The number of hydrogen-bond acceptors (Lipinski definition) is 6. The van der Waals surface area contributed by atoms with Crippen molar-refractivity contribution in [2.24, 2.45) is 5.92 Å². The van der Waals surface area contributed by atoms with Gasteiger partial charge in [-0.3, -0.25) is 0 Å². The van der Waals surface area contributed by atoms with Crippen LogP contribution < -0.4 is 14.8 Å². The van der Waals surface area contributed by atoms with E-state index in [2.05, 4.69) is 17.2 Å². The van der Waals surface area contributed by atoms with Gasteiger partial charge < -0.3 is 19.9 Å². The van der Waals surface area contributed by atoms with E-state index in [0.29, 0.717) is 12.1 Å². The molecule has 0 saturated heterocycles. The van der Waals surface area contributed by atoms with E-state index in [-0.39, 0.29) is 35.8 Å². The number of rotatable bonds is 5. The Morgan fingerprint density at radius 1 is 1.22 bits per heavy atom. The van der Waals surface area contributed by atoms with Gasteiger partial charge in [-0.25, -0.2) is 8.42 Å². The second kappa shape index (κ2) is 10.4. The summed E-state index contributed by atoms with van der Waals surface area (Å²) in [6, 6.07) is 11.7. The molecule has 0 amide bonds. The van der Waals surface area contributed by atoms with E-state index in [1.165, 1.54) is 10.4 Å². The predicted molar refractivity (Wildman–Crippen MR) is 123 cm³/mol. The fourth-order valence-electron chi connectivity index (χ4n) is 3.57. The zero-order valence-corrected chi connectivity index (χ0v) is 19.6. The number of nitrogens with zero attached hydrogens (tertiary/aromatic N) is 1. The number of nitrogens with one attached hydrogen (secondary N) is 1. The van der Waals surface area contributed by atoms with E-state index in [9.17, 15) is 13.5 Å². The lowest BCUT2D eigenvalue weighted by Crippen LogP contribution is -2.49. The fourth-order valence-corrected chi connectivity index (χ4v) is 5.39. The first-order valence-corrected chi connectivity index (χ1v) is 12.0. The van der Waals surface area contributed by atoms with Crippen molar-refractivity contribution >= 4 is 10.0 Å². The average molecular weight is 459 g/mol. The molecule has 172 valence electrons. The third-order valence-electron chi connectivity index (χ3n) is 5.51. The van der Waals surface area contributed by atoms with Crippen molar-refractivity contribution in [2.45, 2.75) is 30.9 Å². The van der Waals surface area contributed by atoms with Crippen LogP contribution in [0.5, 0.6) is 11.5 Å². The highest BCUT2D eigenvalue weighted by Crippen LogP contribution is 2.33. The Hall–Kier alpha value is -2.57. The van der Waals surface area contributed by atoms with E-state index in [0.717, 1.165) is 11.3 Å². The van der Waals surface area contributed by atoms with Crippen molar-refractivity contribution in [2.75, 3.05) is 33.9 Å². The first-order chi connectivity index (χ1) is 15.3. The maximum atomic E-state index is 13.4. The highest BCUT2D eigenvalue weighted by Gasteiger charge is 2.37. The van der Waals surface area contributed by atoms with Crippen LogP contribution in [0.2, 0.25) is 0 Å². The SMILES string of the molecule is CNC[C@@H]1Oc2cc(C#Cc3ccc(OC)cc3)ccc2S(=O)(=O)N([C@H](C)CO)C[C@H]1C. The van der Waals surface area contributed by atoms with Gasteiger partial charge in [0.05, 0.1) is 13.7 Å². The summed E-state index contributed by atoms with van der Waals surface area (Å²) in [5, 5.41) is 12.8. The molecule has 0 aliphatic carbocycles. The highest BCUT2D eigenvalue weighted by atomic mass is 32.2. The van der Waals surface area contributed by atoms with Crippen LogP contribution in [0.4, 0.5) is 0 Å². The summed E-state index contributed by atoms with van der Waals surface area (Å²) in [7, 11) is -0.412. The average Bonchev–Trinajstić information content (AvgIpc) is 2.79. The first kappa shape index (κ1) is 24.1. The van der Waals surface area contributed by atoms with Crippen molar-refractivity contribution < 1.29 is 23.0 Å². The van der Waals surface area contributed by atoms with Crippen LogP contribution in [0.25, 0.3) is 0 Å². The molecule has 0 aromatic heterocycles. The molecule has 0 radical (unpaired) electrons. The quantitative estimate of drug-likeness (QED) is 0.667. The van der Waals surface area contributed by atoms with Gasteiger partial charge in [-0.2, -0.15) is 4.31 Å². The van der Waals surface area contributed by atoms with Crippen LogP contribution in [-0.4, -0.2) is 63.8 Å². The number of sulfonamides is 1. The molecule has 0 spiro atoms. The number of aliphatic hydroxyl groups is 1. The molecule has 8 heteroatoms. The van der Waals surface area contributed by atoms with Crippen molar-refractivity contribution in [3.8, 4) is 23.3 Å². The fraction of sp³-hybridized carbons (Fsp3) is 0.417. The van der Waals surface area contributed by atoms with Crippen LogP contribution >= 0.6 is 0 Å². The third kappa shape index (κ3) is 5.25. The van der Waals surface area contributed by atoms with Gasteiger partial charge in [-0.05, 0) is 56.4 Å². The molecular formula is C24H30N2O5S. The molecule has 3 rings (SSSR count). The van der Waals surface area contributed by atoms with Crippen molar-refractivity contribution in [3.63, 3.8) is 0 Å². The molecule has 2 aromatic rings. The molecule has 1 aliphatic heterocycles. The molecule has 32 heavy (non-hydrogen) atoms. The Morgan fingerprint density at radius 3 is 2.50 bits per heavy atom. The number of aliphatic hydroxyl groups excluding tert-OH is 1. The first-order valence-electron chi connectivity index (χ1n) is 10.5. The largest absolute Gasteiger partial charge is 0.497 e. The number of hydrogen-bond donors (Lipinski definition) is 2. The minimum Gasteiger partial charge on any atom is -0.497 e.